The Kier molecular flexibility index (Phi) is 4.42. The van der Waals surface area contributed by atoms with Gasteiger partial charge in [0.05, 0.1) is 0 Å². The van der Waals surface area contributed by atoms with Crippen LogP contribution in [0, 0.1) is 23.2 Å². The summed E-state index contributed by atoms with van der Waals surface area (Å²) in [5.74, 6) is 2.08. The van der Waals surface area contributed by atoms with Gasteiger partial charge in [-0.1, -0.05) is 77.0 Å². The van der Waals surface area contributed by atoms with Gasteiger partial charge in [-0.15, -0.1) is 0 Å². The molecule has 3 unspecified atom stereocenters. The van der Waals surface area contributed by atoms with Crippen molar-refractivity contribution in [2.24, 2.45) is 23.2 Å². The molecule has 110 valence electrons. The summed E-state index contributed by atoms with van der Waals surface area (Å²) in [5.41, 5.74) is 4.60. The van der Waals surface area contributed by atoms with Crippen LogP contribution in [0.15, 0.2) is 47.6 Å². The summed E-state index contributed by atoms with van der Waals surface area (Å²) in [6.07, 6.45) is 13.3. The van der Waals surface area contributed by atoms with Crippen LogP contribution in [-0.2, 0) is 0 Å². The van der Waals surface area contributed by atoms with E-state index in [1.165, 1.54) is 36.0 Å². The van der Waals surface area contributed by atoms with E-state index in [-0.39, 0.29) is 5.41 Å². The first-order chi connectivity index (χ1) is 9.40. The lowest BCUT2D eigenvalue weighted by Crippen LogP contribution is -2.38. The van der Waals surface area contributed by atoms with Crippen LogP contribution >= 0.6 is 0 Å². The van der Waals surface area contributed by atoms with Gasteiger partial charge in [0.2, 0.25) is 0 Å². The molecule has 0 heterocycles. The molecule has 0 spiro atoms. The molecule has 0 aromatic carbocycles. The summed E-state index contributed by atoms with van der Waals surface area (Å²) in [7, 11) is 0. The summed E-state index contributed by atoms with van der Waals surface area (Å²) in [4.78, 5) is 0. The Morgan fingerprint density at radius 2 is 2.15 bits per heavy atom. The molecule has 20 heavy (non-hydrogen) atoms. The second kappa shape index (κ2) is 5.76. The van der Waals surface area contributed by atoms with Gasteiger partial charge in [0.25, 0.3) is 0 Å². The molecule has 0 radical (unpaired) electrons. The van der Waals surface area contributed by atoms with Crippen molar-refractivity contribution >= 4 is 0 Å². The minimum absolute atomic E-state index is 0.289. The SMILES string of the molecule is C=CC1=C(/C=C(\C)C(C)C)C=CC2C(C)CCCC12C. The van der Waals surface area contributed by atoms with Crippen molar-refractivity contribution in [3.8, 4) is 0 Å². The number of fused-ring (bicyclic) bond motifs is 1. The second-order valence-corrected chi connectivity index (χ2v) is 7.29. The van der Waals surface area contributed by atoms with E-state index in [4.69, 9.17) is 0 Å². The summed E-state index contributed by atoms with van der Waals surface area (Å²) >= 11 is 0. The Bertz CT molecular complexity index is 472. The predicted molar refractivity (Wildman–Crippen MR) is 89.6 cm³/mol. The Morgan fingerprint density at radius 3 is 2.75 bits per heavy atom. The van der Waals surface area contributed by atoms with Crippen molar-refractivity contribution in [1.29, 1.82) is 0 Å². The van der Waals surface area contributed by atoms with E-state index in [0.29, 0.717) is 11.8 Å². The molecule has 1 fully saturated rings. The lowest BCUT2D eigenvalue weighted by molar-refractivity contribution is 0.140. The zero-order valence-corrected chi connectivity index (χ0v) is 13.9. The van der Waals surface area contributed by atoms with Crippen LogP contribution in [0.2, 0.25) is 0 Å². The zero-order chi connectivity index (χ0) is 14.9. The van der Waals surface area contributed by atoms with Gasteiger partial charge in [-0.05, 0) is 47.7 Å². The molecule has 1 saturated carbocycles. The van der Waals surface area contributed by atoms with E-state index in [2.05, 4.69) is 65.5 Å². The van der Waals surface area contributed by atoms with Crippen molar-refractivity contribution in [2.75, 3.05) is 0 Å². The van der Waals surface area contributed by atoms with E-state index in [1.807, 2.05) is 0 Å². The van der Waals surface area contributed by atoms with Gasteiger partial charge >= 0.3 is 0 Å². The van der Waals surface area contributed by atoms with Gasteiger partial charge in [-0.2, -0.15) is 0 Å². The normalized spacial score (nSPS) is 34.4. The van der Waals surface area contributed by atoms with Crippen LogP contribution in [0.4, 0.5) is 0 Å². The number of allylic oxidation sites excluding steroid dienone is 7. The molecule has 2 aliphatic rings. The van der Waals surface area contributed by atoms with Gasteiger partial charge < -0.3 is 0 Å². The highest BCUT2D eigenvalue weighted by molar-refractivity contribution is 5.49. The summed E-state index contributed by atoms with van der Waals surface area (Å²) in [6, 6.07) is 0. The molecule has 0 N–H and O–H groups in total. The molecule has 0 nitrogen and oxygen atoms in total. The minimum atomic E-state index is 0.289. The first-order valence-electron chi connectivity index (χ1n) is 8.13. The molecule has 0 aliphatic heterocycles. The fourth-order valence-corrected chi connectivity index (χ4v) is 4.00. The summed E-state index contributed by atoms with van der Waals surface area (Å²) < 4.78 is 0. The third-order valence-corrected chi connectivity index (χ3v) is 5.61. The summed E-state index contributed by atoms with van der Waals surface area (Å²) in [6.45, 7) is 15.8. The average Bonchev–Trinajstić information content (AvgIpc) is 2.37. The topological polar surface area (TPSA) is 0 Å². The molecule has 2 rings (SSSR count). The van der Waals surface area contributed by atoms with Gasteiger partial charge in [-0.25, -0.2) is 0 Å². The van der Waals surface area contributed by atoms with E-state index >= 15 is 0 Å². The largest absolute Gasteiger partial charge is 0.0987 e. The van der Waals surface area contributed by atoms with Crippen molar-refractivity contribution in [3.63, 3.8) is 0 Å². The first kappa shape index (κ1) is 15.4. The van der Waals surface area contributed by atoms with Crippen LogP contribution in [0.3, 0.4) is 0 Å². The Morgan fingerprint density at radius 1 is 1.45 bits per heavy atom. The highest BCUT2D eigenvalue weighted by Gasteiger charge is 2.43. The molecular formula is C20H30. The van der Waals surface area contributed by atoms with Gasteiger partial charge in [0.15, 0.2) is 0 Å². The van der Waals surface area contributed by atoms with E-state index in [9.17, 15) is 0 Å². The number of hydrogen-bond donors (Lipinski definition) is 0. The Hall–Kier alpha value is -1.04. The van der Waals surface area contributed by atoms with E-state index < -0.39 is 0 Å². The van der Waals surface area contributed by atoms with Crippen molar-refractivity contribution in [1.82, 2.24) is 0 Å². The third-order valence-electron chi connectivity index (χ3n) is 5.61. The second-order valence-electron chi connectivity index (χ2n) is 7.29. The quantitative estimate of drug-likeness (QED) is 0.582. The predicted octanol–water partition coefficient (Wildman–Crippen LogP) is 6.08. The maximum absolute atomic E-state index is 4.13. The van der Waals surface area contributed by atoms with Crippen LogP contribution in [0.25, 0.3) is 0 Å². The van der Waals surface area contributed by atoms with Crippen molar-refractivity contribution in [2.45, 2.75) is 53.9 Å². The molecule has 0 bridgehead atoms. The van der Waals surface area contributed by atoms with Crippen LogP contribution < -0.4 is 0 Å². The lowest BCUT2D eigenvalue weighted by Gasteiger charge is -2.47. The van der Waals surface area contributed by atoms with Crippen molar-refractivity contribution < 1.29 is 0 Å². The monoisotopic (exact) mass is 270 g/mol. The average molecular weight is 270 g/mol. The standard InChI is InChI=1S/C20H30/c1-7-18-17(13-16(5)14(2)3)10-11-19-15(4)9-8-12-20(18,19)6/h7,10-11,13-15,19H,1,8-9,12H2,2-6H3/b16-13+. The van der Waals surface area contributed by atoms with Gasteiger partial charge in [0, 0.05) is 0 Å². The number of rotatable bonds is 3. The minimum Gasteiger partial charge on any atom is -0.0987 e. The molecule has 0 aromatic heterocycles. The smallest absolute Gasteiger partial charge is 0.000419 e. The zero-order valence-electron chi connectivity index (χ0n) is 13.9. The van der Waals surface area contributed by atoms with Gasteiger partial charge in [0.1, 0.15) is 0 Å². The lowest BCUT2D eigenvalue weighted by atomic mass is 9.57. The molecule has 0 amide bonds. The maximum Gasteiger partial charge on any atom is -0.000419 e. The van der Waals surface area contributed by atoms with Crippen molar-refractivity contribution in [3.05, 3.63) is 47.6 Å². The Labute approximate surface area is 125 Å². The highest BCUT2D eigenvalue weighted by Crippen LogP contribution is 2.53. The molecular weight excluding hydrogens is 240 g/mol. The fraction of sp³-hybridized carbons (Fsp3) is 0.600. The van der Waals surface area contributed by atoms with Crippen LogP contribution in [-0.4, -0.2) is 0 Å². The Balaban J connectivity index is 2.47. The first-order valence-corrected chi connectivity index (χ1v) is 8.13. The maximum atomic E-state index is 4.13. The molecule has 2 aliphatic carbocycles. The highest BCUT2D eigenvalue weighted by atomic mass is 14.5. The molecule has 3 atom stereocenters. The fourth-order valence-electron chi connectivity index (χ4n) is 4.00. The molecule has 0 aromatic rings. The van der Waals surface area contributed by atoms with E-state index in [1.54, 1.807) is 0 Å². The molecule has 0 saturated heterocycles. The van der Waals surface area contributed by atoms with Gasteiger partial charge in [-0.3, -0.25) is 0 Å². The summed E-state index contributed by atoms with van der Waals surface area (Å²) in [5, 5.41) is 0. The van der Waals surface area contributed by atoms with E-state index in [0.717, 1.165) is 5.92 Å². The molecule has 0 heteroatoms. The third kappa shape index (κ3) is 2.57. The van der Waals surface area contributed by atoms with Crippen LogP contribution in [0.5, 0.6) is 0 Å². The number of hydrogen-bond acceptors (Lipinski definition) is 0. The van der Waals surface area contributed by atoms with Crippen LogP contribution in [0.1, 0.15) is 53.9 Å².